The largest absolute Gasteiger partial charge is 0.394 e. The molecule has 31 N–H and O–H groups in total. The van der Waals surface area contributed by atoms with Gasteiger partial charge in [0.15, 0.2) is 56.6 Å². The number of aliphatic hydroxyl groups excluding tert-OH is 29. The van der Waals surface area contributed by atoms with Crippen LogP contribution in [0.3, 0.4) is 0 Å². The van der Waals surface area contributed by atoms with Crippen molar-refractivity contribution in [3.8, 4) is 0 Å². The van der Waals surface area contributed by atoms with Crippen molar-refractivity contribution in [3.63, 3.8) is 0 Å². The molecule has 9 aliphatic rings. The van der Waals surface area contributed by atoms with Crippen LogP contribution in [0.15, 0.2) is 0 Å². The second-order valence-electron chi connectivity index (χ2n) is 29.2. The number of aliphatic hydroxyl groups is 29. The second-order valence-corrected chi connectivity index (χ2v) is 29.2. The lowest BCUT2D eigenvalue weighted by Crippen LogP contribution is -2.69. The summed E-state index contributed by atoms with van der Waals surface area (Å²) in [4.78, 5) is 25.3. The molecule has 670 valence electrons. The summed E-state index contributed by atoms with van der Waals surface area (Å²) in [7, 11) is 0. The highest BCUT2D eigenvalue weighted by Crippen LogP contribution is 2.40. The Balaban J connectivity index is 0.847. The molecule has 9 saturated heterocycles. The van der Waals surface area contributed by atoms with Gasteiger partial charge in [-0.05, 0) is 13.8 Å². The fraction of sp³-hybridized carbons (Fsp3) is 0.969. The normalized spacial score (nSPS) is 49.2. The van der Waals surface area contributed by atoms with Crippen LogP contribution in [0.4, 0.5) is 0 Å². The summed E-state index contributed by atoms with van der Waals surface area (Å²) in [5.74, 6) is -1.84. The summed E-state index contributed by atoms with van der Waals surface area (Å²) in [5.41, 5.74) is 0. The van der Waals surface area contributed by atoms with E-state index in [1.54, 1.807) is 0 Å². The Morgan fingerprint density at radius 1 is 0.313 bits per heavy atom. The highest BCUT2D eigenvalue weighted by molar-refractivity contribution is 5.73. The maximum absolute atomic E-state index is 12.8. The second kappa shape index (κ2) is 42.0. The zero-order valence-corrected chi connectivity index (χ0v) is 61.8. The van der Waals surface area contributed by atoms with Crippen LogP contribution >= 0.6 is 0 Å². The Morgan fingerprint density at radius 3 is 1.00 bits per heavy atom. The van der Waals surface area contributed by atoms with Crippen molar-refractivity contribution in [1.82, 2.24) is 10.6 Å². The third-order valence-electron chi connectivity index (χ3n) is 21.2. The van der Waals surface area contributed by atoms with E-state index in [0.717, 1.165) is 13.8 Å². The predicted octanol–water partition coefficient (Wildman–Crippen LogP) is -20.8. The quantitative estimate of drug-likeness (QED) is 0.0297. The van der Waals surface area contributed by atoms with Crippen molar-refractivity contribution >= 4 is 11.8 Å². The van der Waals surface area contributed by atoms with Gasteiger partial charge in [0, 0.05) is 13.8 Å². The molecule has 0 aliphatic carbocycles. The number of ether oxygens (including phenoxy) is 18. The molecule has 9 rings (SSSR count). The fourth-order valence-corrected chi connectivity index (χ4v) is 14.6. The third kappa shape index (κ3) is 21.1. The summed E-state index contributed by atoms with van der Waals surface area (Å²) in [6.07, 6.45) is -94.5. The van der Waals surface area contributed by atoms with Crippen molar-refractivity contribution in [2.45, 2.75) is 328 Å². The smallest absolute Gasteiger partial charge is 0.217 e. The van der Waals surface area contributed by atoms with Crippen molar-refractivity contribution < 1.29 is 243 Å². The zero-order chi connectivity index (χ0) is 85.0. The molecule has 2 amide bonds. The van der Waals surface area contributed by atoms with Crippen LogP contribution in [-0.2, 0) is 94.9 Å². The van der Waals surface area contributed by atoms with Crippen LogP contribution in [0.25, 0.3) is 0 Å². The van der Waals surface area contributed by atoms with Gasteiger partial charge in [-0.1, -0.05) is 0 Å². The van der Waals surface area contributed by atoms with Crippen LogP contribution in [0.1, 0.15) is 27.7 Å². The molecule has 51 heteroatoms. The van der Waals surface area contributed by atoms with Crippen molar-refractivity contribution in [1.29, 1.82) is 0 Å². The summed E-state index contributed by atoms with van der Waals surface area (Å²) in [5, 5.41) is 323. The maximum atomic E-state index is 12.8. The molecule has 49 atom stereocenters. The van der Waals surface area contributed by atoms with Crippen molar-refractivity contribution in [2.24, 2.45) is 0 Å². The van der Waals surface area contributed by atoms with Crippen molar-refractivity contribution in [3.05, 3.63) is 0 Å². The number of hydrogen-bond donors (Lipinski definition) is 31. The average molecular weight is 1690 g/mol. The number of nitrogens with one attached hydrogen (secondary N) is 2. The molecular weight excluding hydrogens is 1580 g/mol. The number of rotatable bonds is 32. The van der Waals surface area contributed by atoms with E-state index in [2.05, 4.69) is 10.6 Å². The SMILES string of the molecule is CC(=O)N[C@H]1[C@H](OC[C@@H](O)[C@H](O)[C@H](O[C@@H]2O[C@H](CO)[C@H](O[C@H]3O[C@H](CO)[C@H](O)[C@H](O[C@H]4O[C@H](CO)[C@H](O)[C@H](O)[C@H]4O[C@H]4O[C@H](C)[C@H](O)[C@H](O)[C@H]4O)[C@H]3O)[C@H](O)[C@H]2O)[C@H](CO)NC(C)=O)O[C@H](CO)[C@@H](O[C@@H]2O[C@H](CO)[C@H](O[C@H]3O[C@H](CO)[C@H](O)[C@H](O[C@H]4O[C@H](CO)[C@H](O)[C@H](O)[C@H]4O[C@H]4O[C@H](C)[C@H](O)[C@H](O)[C@H]4O)[C@H]3O)[C@H](O)[C@H]2O)[C@@H]1O. The first-order chi connectivity index (χ1) is 54.3. The number of amides is 2. The van der Waals surface area contributed by atoms with Gasteiger partial charge in [-0.2, -0.15) is 0 Å². The predicted molar refractivity (Wildman–Crippen MR) is 352 cm³/mol. The highest BCUT2D eigenvalue weighted by atomic mass is 16.8. The standard InChI is InChI=1S/C64H110N2O49/c1-14-28(78)36(86)42(92)57(99-14)114-54-38(88)31(81)20(6-68)103-63(54)112-52-33(83)22(8-70)101-61(46(52)96)110-50-25(11-73)106-59(44(94)40(50)90)108-48(18(5-67)65-16(3)75)30(80)19(77)13-98-56-27(66-17(4)76)35(85)49(24(10-72)105-56)109-60-45(95)41(91)51(26(12-74)107-60)111-62-47(97)53(34(84)23(9-71)102-62)113-64-55(39(89)32(82)21(7-69)104-64)115-58-43(93)37(87)29(79)15(2)100-58/h14-15,18-64,67-74,77-97H,5-13H2,1-4H3,(H,65,75)(H,66,76)/t14-,15-,18+,19-,20-,21-,22-,23-,24-,25-,26-,27-,28+,29+,30+,31+,32+,33+,34+,35-,36+,37+,38+,39+,40-,41-,42-,43-,44-,45-,46-,47-,48-,49-,50+,51+,52+,53+,54-,55-,56-,57-,58-,59+,60+,61-,62-,63-,64-/m1/s1. The van der Waals surface area contributed by atoms with Gasteiger partial charge < -0.3 is 244 Å². The van der Waals surface area contributed by atoms with Gasteiger partial charge in [-0.25, -0.2) is 0 Å². The molecule has 0 aromatic rings. The minimum atomic E-state index is -2.44. The van der Waals surface area contributed by atoms with Gasteiger partial charge in [0.25, 0.3) is 0 Å². The number of carbonyl (C=O) groups is 2. The molecule has 9 heterocycles. The van der Waals surface area contributed by atoms with E-state index in [1.807, 2.05) is 0 Å². The zero-order valence-electron chi connectivity index (χ0n) is 61.8. The minimum absolute atomic E-state index is 0.914. The molecular formula is C64H110N2O49. The van der Waals surface area contributed by atoms with Crippen molar-refractivity contribution in [2.75, 3.05) is 59.5 Å². The summed E-state index contributed by atoms with van der Waals surface area (Å²) in [6, 6.07) is -3.66. The topological polar surface area (TPSA) is 811 Å². The molecule has 0 bridgehead atoms. The lowest BCUT2D eigenvalue weighted by atomic mass is 9.94. The number of carbonyl (C=O) groups excluding carboxylic acids is 2. The summed E-state index contributed by atoms with van der Waals surface area (Å²) in [6.45, 7) is -5.52. The lowest BCUT2D eigenvalue weighted by Gasteiger charge is -2.50. The molecule has 115 heavy (non-hydrogen) atoms. The minimum Gasteiger partial charge on any atom is -0.394 e. The summed E-state index contributed by atoms with van der Waals surface area (Å²) >= 11 is 0. The van der Waals surface area contributed by atoms with Gasteiger partial charge in [-0.3, -0.25) is 9.59 Å². The molecule has 51 nitrogen and oxygen atoms in total. The fourth-order valence-electron chi connectivity index (χ4n) is 14.6. The van der Waals surface area contributed by atoms with Gasteiger partial charge in [0.2, 0.25) is 11.8 Å². The Morgan fingerprint density at radius 2 is 0.617 bits per heavy atom. The molecule has 0 radical (unpaired) electrons. The first kappa shape index (κ1) is 95.9. The van der Waals surface area contributed by atoms with E-state index in [-0.39, 0.29) is 0 Å². The highest BCUT2D eigenvalue weighted by Gasteiger charge is 2.61. The Kier molecular flexibility index (Phi) is 35.0. The van der Waals surface area contributed by atoms with Gasteiger partial charge in [0.05, 0.1) is 77.7 Å². The first-order valence-corrected chi connectivity index (χ1v) is 36.8. The van der Waals surface area contributed by atoms with E-state index in [0.29, 0.717) is 0 Å². The molecule has 0 saturated carbocycles. The maximum Gasteiger partial charge on any atom is 0.217 e. The van der Waals surface area contributed by atoms with Gasteiger partial charge in [0.1, 0.15) is 226 Å². The molecule has 0 unspecified atom stereocenters. The average Bonchev–Trinajstić information content (AvgIpc) is 0.775. The molecule has 9 fully saturated rings. The van der Waals surface area contributed by atoms with E-state index in [9.17, 15) is 158 Å². The van der Waals surface area contributed by atoms with E-state index < -0.39 is 372 Å². The van der Waals surface area contributed by atoms with E-state index >= 15 is 0 Å². The Bertz CT molecular complexity index is 2950. The van der Waals surface area contributed by atoms with Gasteiger partial charge in [-0.15, -0.1) is 0 Å². The lowest BCUT2D eigenvalue weighted by molar-refractivity contribution is -0.398. The Hall–Kier alpha value is -2.94. The van der Waals surface area contributed by atoms with Gasteiger partial charge >= 0.3 is 0 Å². The number of hydrogen-bond acceptors (Lipinski definition) is 49. The van der Waals surface area contributed by atoms with Crippen LogP contribution < -0.4 is 10.6 Å². The molecule has 0 aromatic carbocycles. The van der Waals surface area contributed by atoms with Crippen LogP contribution in [0.5, 0.6) is 0 Å². The summed E-state index contributed by atoms with van der Waals surface area (Å²) < 4.78 is 103. The Labute approximate surface area is 651 Å². The molecule has 0 spiro atoms. The third-order valence-corrected chi connectivity index (χ3v) is 21.2. The van der Waals surface area contributed by atoms with E-state index in [4.69, 9.17) is 85.3 Å². The van der Waals surface area contributed by atoms with Crippen LogP contribution in [-0.4, -0.2) is 520 Å². The van der Waals surface area contributed by atoms with E-state index in [1.165, 1.54) is 13.8 Å². The first-order valence-electron chi connectivity index (χ1n) is 36.8. The van der Waals surface area contributed by atoms with Crippen LogP contribution in [0.2, 0.25) is 0 Å². The molecule has 0 aromatic heterocycles. The monoisotopic (exact) mass is 1690 g/mol. The van der Waals surface area contributed by atoms with Crippen LogP contribution in [0, 0.1) is 0 Å². The molecule has 9 aliphatic heterocycles.